The second kappa shape index (κ2) is 3.84. The van der Waals surface area contributed by atoms with Crippen LogP contribution < -0.4 is 0 Å². The van der Waals surface area contributed by atoms with Gasteiger partial charge in [-0.25, -0.2) is 0 Å². The second-order valence-electron chi connectivity index (χ2n) is 4.34. The fraction of sp³-hybridized carbons (Fsp3) is 1.00. The maximum atomic E-state index is 2.41. The van der Waals surface area contributed by atoms with E-state index in [2.05, 4.69) is 32.5 Å². The van der Waals surface area contributed by atoms with Crippen molar-refractivity contribution in [1.82, 2.24) is 0 Å². The van der Waals surface area contributed by atoms with E-state index in [1.54, 1.807) is 0 Å². The van der Waals surface area contributed by atoms with Gasteiger partial charge in [-0.05, 0) is 30.4 Å². The van der Waals surface area contributed by atoms with Gasteiger partial charge in [-0.1, -0.05) is 27.2 Å². The molecular formula is C10H20S. The topological polar surface area (TPSA) is 0 Å². The van der Waals surface area contributed by atoms with Crippen molar-refractivity contribution >= 4 is 11.8 Å². The van der Waals surface area contributed by atoms with E-state index in [4.69, 9.17) is 0 Å². The molecular weight excluding hydrogens is 152 g/mol. The molecule has 0 amide bonds. The average molecular weight is 172 g/mol. The number of hydrogen-bond acceptors (Lipinski definition) is 1. The van der Waals surface area contributed by atoms with E-state index in [0.717, 1.165) is 5.25 Å². The molecule has 0 bridgehead atoms. The third-order valence-corrected chi connectivity index (χ3v) is 3.77. The van der Waals surface area contributed by atoms with Crippen molar-refractivity contribution in [2.24, 2.45) is 5.41 Å². The fourth-order valence-electron chi connectivity index (χ4n) is 2.01. The molecule has 1 heteroatoms. The van der Waals surface area contributed by atoms with Crippen LogP contribution in [0.3, 0.4) is 0 Å². The zero-order valence-electron chi connectivity index (χ0n) is 8.02. The van der Waals surface area contributed by atoms with Crippen LogP contribution in [-0.2, 0) is 0 Å². The van der Waals surface area contributed by atoms with Crippen LogP contribution >= 0.6 is 11.8 Å². The molecule has 0 heterocycles. The first kappa shape index (κ1) is 9.44. The van der Waals surface area contributed by atoms with Crippen LogP contribution in [0.2, 0.25) is 0 Å². The summed E-state index contributed by atoms with van der Waals surface area (Å²) >= 11 is 2.15. The molecule has 0 saturated heterocycles. The maximum absolute atomic E-state index is 2.41. The molecule has 1 fully saturated rings. The van der Waals surface area contributed by atoms with Crippen LogP contribution in [-0.4, -0.2) is 11.0 Å². The van der Waals surface area contributed by atoms with Crippen LogP contribution in [0.25, 0.3) is 0 Å². The molecule has 1 unspecified atom stereocenters. The van der Waals surface area contributed by atoms with Gasteiger partial charge in [-0.2, -0.15) is 11.8 Å². The first-order valence-electron chi connectivity index (χ1n) is 4.76. The van der Waals surface area contributed by atoms with Crippen molar-refractivity contribution in [3.8, 4) is 0 Å². The highest BCUT2D eigenvalue weighted by Gasteiger charge is 2.27. The van der Waals surface area contributed by atoms with E-state index in [1.807, 2.05) is 0 Å². The average Bonchev–Trinajstić information content (AvgIpc) is 1.85. The summed E-state index contributed by atoms with van der Waals surface area (Å²) < 4.78 is 0. The van der Waals surface area contributed by atoms with Gasteiger partial charge in [0.15, 0.2) is 0 Å². The summed E-state index contributed by atoms with van der Waals surface area (Å²) in [5.41, 5.74) is 0.630. The lowest BCUT2D eigenvalue weighted by Crippen LogP contribution is -2.24. The standard InChI is InChI=1S/C10H20S/c1-4-11-9-6-5-7-10(2,3)8-9/h9H,4-8H2,1-3H3. The molecule has 0 aromatic rings. The van der Waals surface area contributed by atoms with E-state index in [9.17, 15) is 0 Å². The molecule has 11 heavy (non-hydrogen) atoms. The molecule has 66 valence electrons. The minimum atomic E-state index is 0.630. The van der Waals surface area contributed by atoms with E-state index < -0.39 is 0 Å². The normalized spacial score (nSPS) is 30.3. The molecule has 0 radical (unpaired) electrons. The summed E-state index contributed by atoms with van der Waals surface area (Å²) in [6.45, 7) is 7.09. The Labute approximate surface area is 75.1 Å². The van der Waals surface area contributed by atoms with Crippen molar-refractivity contribution in [1.29, 1.82) is 0 Å². The van der Waals surface area contributed by atoms with Gasteiger partial charge >= 0.3 is 0 Å². The Balaban J connectivity index is 2.34. The minimum Gasteiger partial charge on any atom is -0.159 e. The predicted molar refractivity (Wildman–Crippen MR) is 54.2 cm³/mol. The van der Waals surface area contributed by atoms with Crippen LogP contribution in [0, 0.1) is 5.41 Å². The number of rotatable bonds is 2. The fourth-order valence-corrected chi connectivity index (χ4v) is 3.38. The van der Waals surface area contributed by atoms with E-state index in [0.29, 0.717) is 5.41 Å². The molecule has 0 aromatic carbocycles. The van der Waals surface area contributed by atoms with Gasteiger partial charge in [0.1, 0.15) is 0 Å². The van der Waals surface area contributed by atoms with Crippen molar-refractivity contribution in [2.75, 3.05) is 5.75 Å². The quantitative estimate of drug-likeness (QED) is 0.612. The zero-order valence-corrected chi connectivity index (χ0v) is 8.84. The monoisotopic (exact) mass is 172 g/mol. The molecule has 0 nitrogen and oxygen atoms in total. The van der Waals surface area contributed by atoms with Gasteiger partial charge < -0.3 is 0 Å². The first-order valence-corrected chi connectivity index (χ1v) is 5.80. The highest BCUT2D eigenvalue weighted by Crippen LogP contribution is 2.39. The molecule has 0 aliphatic heterocycles. The Kier molecular flexibility index (Phi) is 3.29. The molecule has 1 aliphatic rings. The van der Waals surface area contributed by atoms with Crippen molar-refractivity contribution < 1.29 is 0 Å². The smallest absolute Gasteiger partial charge is 0.00520 e. The van der Waals surface area contributed by atoms with E-state index in [1.165, 1.54) is 31.4 Å². The summed E-state index contributed by atoms with van der Waals surface area (Å²) in [4.78, 5) is 0. The lowest BCUT2D eigenvalue weighted by atomic mass is 9.77. The Morgan fingerprint density at radius 3 is 2.73 bits per heavy atom. The first-order chi connectivity index (χ1) is 5.14. The summed E-state index contributed by atoms with van der Waals surface area (Å²) in [7, 11) is 0. The van der Waals surface area contributed by atoms with Crippen LogP contribution in [0.5, 0.6) is 0 Å². The lowest BCUT2D eigenvalue weighted by Gasteiger charge is -2.34. The highest BCUT2D eigenvalue weighted by atomic mass is 32.2. The van der Waals surface area contributed by atoms with Gasteiger partial charge in [0.2, 0.25) is 0 Å². The van der Waals surface area contributed by atoms with Gasteiger partial charge in [0.05, 0.1) is 0 Å². The Hall–Kier alpha value is 0.350. The summed E-state index contributed by atoms with van der Waals surface area (Å²) in [5, 5.41) is 0.962. The summed E-state index contributed by atoms with van der Waals surface area (Å²) in [6.07, 6.45) is 5.78. The van der Waals surface area contributed by atoms with E-state index >= 15 is 0 Å². The Morgan fingerprint density at radius 2 is 2.18 bits per heavy atom. The van der Waals surface area contributed by atoms with Crippen molar-refractivity contribution in [2.45, 2.75) is 51.7 Å². The van der Waals surface area contributed by atoms with Gasteiger partial charge in [-0.15, -0.1) is 0 Å². The van der Waals surface area contributed by atoms with Crippen LogP contribution in [0.1, 0.15) is 46.5 Å². The van der Waals surface area contributed by atoms with Gasteiger partial charge in [0.25, 0.3) is 0 Å². The van der Waals surface area contributed by atoms with Gasteiger partial charge in [-0.3, -0.25) is 0 Å². The molecule has 1 saturated carbocycles. The molecule has 0 N–H and O–H groups in total. The molecule has 1 atom stereocenters. The largest absolute Gasteiger partial charge is 0.159 e. The molecule has 1 rings (SSSR count). The predicted octanol–water partition coefficient (Wildman–Crippen LogP) is 3.71. The molecule has 0 aromatic heterocycles. The van der Waals surface area contributed by atoms with Crippen LogP contribution in [0.4, 0.5) is 0 Å². The SMILES string of the molecule is CCSC1CCCC(C)(C)C1. The Bertz CT molecular complexity index is 116. The summed E-state index contributed by atoms with van der Waals surface area (Å²) in [5.74, 6) is 1.29. The van der Waals surface area contributed by atoms with Gasteiger partial charge in [0, 0.05) is 5.25 Å². The van der Waals surface area contributed by atoms with Crippen molar-refractivity contribution in [3.05, 3.63) is 0 Å². The molecule has 0 spiro atoms. The lowest BCUT2D eigenvalue weighted by molar-refractivity contribution is 0.251. The zero-order chi connectivity index (χ0) is 8.32. The Morgan fingerprint density at radius 1 is 1.45 bits per heavy atom. The molecule has 1 aliphatic carbocycles. The van der Waals surface area contributed by atoms with E-state index in [-0.39, 0.29) is 0 Å². The highest BCUT2D eigenvalue weighted by molar-refractivity contribution is 7.99. The number of thioether (sulfide) groups is 1. The van der Waals surface area contributed by atoms with Crippen LogP contribution in [0.15, 0.2) is 0 Å². The summed E-state index contributed by atoms with van der Waals surface area (Å²) in [6, 6.07) is 0. The third kappa shape index (κ3) is 3.06. The maximum Gasteiger partial charge on any atom is 0.00520 e. The second-order valence-corrected chi connectivity index (χ2v) is 5.92. The third-order valence-electron chi connectivity index (χ3n) is 2.56. The number of hydrogen-bond donors (Lipinski definition) is 0. The van der Waals surface area contributed by atoms with Crippen molar-refractivity contribution in [3.63, 3.8) is 0 Å². The minimum absolute atomic E-state index is 0.630.